The van der Waals surface area contributed by atoms with E-state index in [1.54, 1.807) is 4.68 Å². The second-order valence-electron chi connectivity index (χ2n) is 5.81. The molecule has 120 valence electrons. The van der Waals surface area contributed by atoms with Crippen LogP contribution in [0.15, 0.2) is 48.5 Å². The topological polar surface area (TPSA) is 39.9 Å². The van der Waals surface area contributed by atoms with Crippen molar-refractivity contribution in [1.29, 1.82) is 0 Å². The molecule has 4 nitrogen and oxygen atoms in total. The van der Waals surface area contributed by atoms with E-state index >= 15 is 0 Å². The van der Waals surface area contributed by atoms with Gasteiger partial charge in [0.2, 0.25) is 0 Å². The number of benzene rings is 2. The Morgan fingerprint density at radius 1 is 0.957 bits per heavy atom. The minimum Gasteiger partial charge on any atom is -0.471 e. The Bertz CT molecular complexity index is 734. The molecular formula is C19H23N3O. The standard InChI is InChI=1S/C19H23N3O/c1-2-3-4-5-8-16-11-13-17(14-12-16)23-15-22-19-10-7-6-9-18(19)20-21-22/h6-7,9-14H,2-5,8,15H2,1H3. The van der Waals surface area contributed by atoms with E-state index in [0.29, 0.717) is 6.73 Å². The van der Waals surface area contributed by atoms with Crippen molar-refractivity contribution >= 4 is 11.0 Å². The third kappa shape index (κ3) is 4.09. The number of aromatic nitrogens is 3. The minimum absolute atomic E-state index is 0.371. The van der Waals surface area contributed by atoms with Crippen LogP contribution in [0.2, 0.25) is 0 Å². The highest BCUT2D eigenvalue weighted by atomic mass is 16.5. The fraction of sp³-hybridized carbons (Fsp3) is 0.368. The quantitative estimate of drug-likeness (QED) is 0.571. The summed E-state index contributed by atoms with van der Waals surface area (Å²) in [5, 5.41) is 8.25. The average molecular weight is 309 g/mol. The summed E-state index contributed by atoms with van der Waals surface area (Å²) in [6, 6.07) is 16.3. The lowest BCUT2D eigenvalue weighted by Gasteiger charge is -2.07. The van der Waals surface area contributed by atoms with Crippen molar-refractivity contribution in [3.63, 3.8) is 0 Å². The lowest BCUT2D eigenvalue weighted by atomic mass is 10.1. The fourth-order valence-corrected chi connectivity index (χ4v) is 2.66. The van der Waals surface area contributed by atoms with E-state index in [9.17, 15) is 0 Å². The lowest BCUT2D eigenvalue weighted by Crippen LogP contribution is -2.06. The monoisotopic (exact) mass is 309 g/mol. The first-order valence-electron chi connectivity index (χ1n) is 8.37. The second kappa shape index (κ2) is 7.77. The molecule has 3 aromatic rings. The van der Waals surface area contributed by atoms with E-state index in [4.69, 9.17) is 4.74 Å². The second-order valence-corrected chi connectivity index (χ2v) is 5.81. The van der Waals surface area contributed by atoms with E-state index in [-0.39, 0.29) is 0 Å². The van der Waals surface area contributed by atoms with Gasteiger partial charge in [-0.15, -0.1) is 5.10 Å². The number of ether oxygens (including phenoxy) is 1. The Morgan fingerprint density at radius 3 is 2.61 bits per heavy atom. The Morgan fingerprint density at radius 2 is 1.78 bits per heavy atom. The van der Waals surface area contributed by atoms with Gasteiger partial charge in [0, 0.05) is 0 Å². The van der Waals surface area contributed by atoms with Gasteiger partial charge in [0.25, 0.3) is 0 Å². The maximum Gasteiger partial charge on any atom is 0.183 e. The van der Waals surface area contributed by atoms with Crippen molar-refractivity contribution in [1.82, 2.24) is 15.0 Å². The zero-order valence-corrected chi connectivity index (χ0v) is 13.6. The van der Waals surface area contributed by atoms with Crippen LogP contribution < -0.4 is 4.74 Å². The molecule has 0 radical (unpaired) electrons. The number of rotatable bonds is 8. The highest BCUT2D eigenvalue weighted by Gasteiger charge is 2.03. The predicted octanol–water partition coefficient (Wildman–Crippen LogP) is 4.59. The SMILES string of the molecule is CCCCCCc1ccc(OCn2nnc3ccccc32)cc1. The summed E-state index contributed by atoms with van der Waals surface area (Å²) in [4.78, 5) is 0. The molecule has 0 spiro atoms. The van der Waals surface area contributed by atoms with Gasteiger partial charge in [0.15, 0.2) is 6.73 Å². The van der Waals surface area contributed by atoms with E-state index in [0.717, 1.165) is 23.2 Å². The van der Waals surface area contributed by atoms with Crippen molar-refractivity contribution in [2.75, 3.05) is 0 Å². The molecule has 1 aromatic heterocycles. The van der Waals surface area contributed by atoms with Crippen LogP contribution in [0, 0.1) is 0 Å². The van der Waals surface area contributed by atoms with Crippen LogP contribution in [-0.4, -0.2) is 15.0 Å². The van der Waals surface area contributed by atoms with Crippen molar-refractivity contribution in [2.24, 2.45) is 0 Å². The maximum atomic E-state index is 5.82. The van der Waals surface area contributed by atoms with Gasteiger partial charge in [-0.05, 0) is 42.7 Å². The maximum absolute atomic E-state index is 5.82. The van der Waals surface area contributed by atoms with Gasteiger partial charge in [-0.2, -0.15) is 0 Å². The zero-order chi connectivity index (χ0) is 15.9. The summed E-state index contributed by atoms with van der Waals surface area (Å²) in [6.45, 7) is 2.61. The molecule has 0 amide bonds. The molecular weight excluding hydrogens is 286 g/mol. The van der Waals surface area contributed by atoms with E-state index < -0.39 is 0 Å². The van der Waals surface area contributed by atoms with E-state index in [1.807, 2.05) is 36.4 Å². The first-order chi connectivity index (χ1) is 11.4. The zero-order valence-electron chi connectivity index (χ0n) is 13.6. The lowest BCUT2D eigenvalue weighted by molar-refractivity contribution is 0.223. The highest BCUT2D eigenvalue weighted by molar-refractivity contribution is 5.73. The number of hydrogen-bond acceptors (Lipinski definition) is 3. The summed E-state index contributed by atoms with van der Waals surface area (Å²) in [5.41, 5.74) is 3.25. The summed E-state index contributed by atoms with van der Waals surface area (Å²) in [5.74, 6) is 0.863. The number of para-hydroxylation sites is 1. The van der Waals surface area contributed by atoms with E-state index in [2.05, 4.69) is 29.4 Å². The van der Waals surface area contributed by atoms with Crippen molar-refractivity contribution in [2.45, 2.75) is 45.8 Å². The van der Waals surface area contributed by atoms with Gasteiger partial charge in [-0.3, -0.25) is 0 Å². The smallest absolute Gasteiger partial charge is 0.183 e. The molecule has 0 atom stereocenters. The Balaban J connectivity index is 1.54. The van der Waals surface area contributed by atoms with E-state index in [1.165, 1.54) is 31.2 Å². The fourth-order valence-electron chi connectivity index (χ4n) is 2.66. The highest BCUT2D eigenvalue weighted by Crippen LogP contribution is 2.16. The summed E-state index contributed by atoms with van der Waals surface area (Å²) >= 11 is 0. The number of unbranched alkanes of at least 4 members (excludes halogenated alkanes) is 3. The summed E-state index contributed by atoms with van der Waals surface area (Å²) in [7, 11) is 0. The van der Waals surface area contributed by atoms with Crippen molar-refractivity contribution in [3.8, 4) is 5.75 Å². The average Bonchev–Trinajstić information content (AvgIpc) is 3.01. The Labute approximate surface area is 137 Å². The molecule has 1 heterocycles. The van der Waals surface area contributed by atoms with Gasteiger partial charge in [0.1, 0.15) is 11.3 Å². The third-order valence-electron chi connectivity index (χ3n) is 4.02. The van der Waals surface area contributed by atoms with Gasteiger partial charge >= 0.3 is 0 Å². The minimum atomic E-state index is 0.371. The summed E-state index contributed by atoms with van der Waals surface area (Å²) in [6.07, 6.45) is 6.33. The molecule has 0 saturated carbocycles. The molecule has 0 N–H and O–H groups in total. The van der Waals surface area contributed by atoms with Gasteiger partial charge in [-0.25, -0.2) is 4.68 Å². The number of hydrogen-bond donors (Lipinski definition) is 0. The van der Waals surface area contributed by atoms with Gasteiger partial charge in [0.05, 0.1) is 5.52 Å². The van der Waals surface area contributed by atoms with Crippen LogP contribution in [0.3, 0.4) is 0 Å². The largest absolute Gasteiger partial charge is 0.471 e. The first kappa shape index (κ1) is 15.5. The third-order valence-corrected chi connectivity index (χ3v) is 4.02. The van der Waals surface area contributed by atoms with Crippen molar-refractivity contribution in [3.05, 3.63) is 54.1 Å². The van der Waals surface area contributed by atoms with Gasteiger partial charge < -0.3 is 4.74 Å². The van der Waals surface area contributed by atoms with Crippen molar-refractivity contribution < 1.29 is 4.74 Å². The molecule has 23 heavy (non-hydrogen) atoms. The molecule has 0 aliphatic heterocycles. The summed E-state index contributed by atoms with van der Waals surface area (Å²) < 4.78 is 7.59. The molecule has 0 aliphatic rings. The Kier molecular flexibility index (Phi) is 5.25. The molecule has 0 aliphatic carbocycles. The van der Waals surface area contributed by atoms with Crippen LogP contribution in [-0.2, 0) is 13.2 Å². The molecule has 0 unspecified atom stereocenters. The first-order valence-corrected chi connectivity index (χ1v) is 8.37. The normalized spacial score (nSPS) is 11.0. The Hall–Kier alpha value is -2.36. The predicted molar refractivity (Wildman–Crippen MR) is 92.4 cm³/mol. The molecule has 3 rings (SSSR count). The van der Waals surface area contributed by atoms with Gasteiger partial charge in [-0.1, -0.05) is 55.7 Å². The van der Waals surface area contributed by atoms with Crippen LogP contribution in [0.1, 0.15) is 38.2 Å². The molecule has 2 aromatic carbocycles. The number of nitrogens with zero attached hydrogens (tertiary/aromatic N) is 3. The molecule has 0 bridgehead atoms. The van der Waals surface area contributed by atoms with Crippen LogP contribution in [0.4, 0.5) is 0 Å². The molecule has 0 saturated heterocycles. The molecule has 0 fully saturated rings. The number of fused-ring (bicyclic) bond motifs is 1. The molecule has 4 heteroatoms. The number of aryl methyl sites for hydroxylation is 1. The van der Waals surface area contributed by atoms with Crippen LogP contribution in [0.25, 0.3) is 11.0 Å². The van der Waals surface area contributed by atoms with Crippen LogP contribution >= 0.6 is 0 Å². The van der Waals surface area contributed by atoms with Crippen LogP contribution in [0.5, 0.6) is 5.75 Å².